The molecule has 22 heavy (non-hydrogen) atoms. The van der Waals surface area contributed by atoms with Crippen LogP contribution in [-0.4, -0.2) is 10.2 Å². The topological polar surface area (TPSA) is 0 Å². The summed E-state index contributed by atoms with van der Waals surface area (Å²) in [6.07, 6.45) is 5.28. The number of hydrogen-bond acceptors (Lipinski definition) is 0. The summed E-state index contributed by atoms with van der Waals surface area (Å²) in [4.78, 5) is 0. The van der Waals surface area contributed by atoms with E-state index in [1.807, 2.05) is 0 Å². The van der Waals surface area contributed by atoms with Crippen molar-refractivity contribution in [2.24, 2.45) is 0 Å². The van der Waals surface area contributed by atoms with Crippen LogP contribution in [0.25, 0.3) is 0 Å². The summed E-state index contributed by atoms with van der Waals surface area (Å²) in [6.45, 7) is 6.58. The summed E-state index contributed by atoms with van der Waals surface area (Å²) in [7, 11) is 3.74. The molecule has 0 aromatic heterocycles. The second-order valence-electron chi connectivity index (χ2n) is 6.99. The minimum absolute atomic E-state index is 0.742. The van der Waals surface area contributed by atoms with Crippen LogP contribution in [0.5, 0.6) is 0 Å². The van der Waals surface area contributed by atoms with Crippen molar-refractivity contribution in [3.05, 3.63) is 64.2 Å². The first-order valence-electron chi connectivity index (χ1n) is 8.44. The van der Waals surface area contributed by atoms with Gasteiger partial charge in [-0.15, -0.1) is 0 Å². The third kappa shape index (κ3) is 3.20. The lowest BCUT2D eigenvalue weighted by Crippen LogP contribution is -2.16. The Morgan fingerprint density at radius 3 is 1.68 bits per heavy atom. The van der Waals surface area contributed by atoms with Crippen LogP contribution in [-0.2, 0) is 0 Å². The van der Waals surface area contributed by atoms with E-state index in [2.05, 4.69) is 67.4 Å². The van der Waals surface area contributed by atoms with Gasteiger partial charge in [0.2, 0.25) is 0 Å². The van der Waals surface area contributed by atoms with E-state index in [1.54, 1.807) is 5.56 Å². The number of aryl methyl sites for hydroxylation is 3. The van der Waals surface area contributed by atoms with E-state index in [9.17, 15) is 0 Å². The van der Waals surface area contributed by atoms with Crippen molar-refractivity contribution >= 4 is 15.4 Å². The summed E-state index contributed by atoms with van der Waals surface area (Å²) in [5.74, 6) is 1.50. The zero-order valence-electron chi connectivity index (χ0n) is 13.9. The highest BCUT2D eigenvalue weighted by Crippen LogP contribution is 2.40. The maximum atomic E-state index is 3.74. The molecule has 0 atom stereocenters. The molecule has 1 saturated carbocycles. The minimum Gasteiger partial charge on any atom is -0.0616 e. The monoisotopic (exact) mass is 305 g/mol. The number of benzene rings is 2. The van der Waals surface area contributed by atoms with Gasteiger partial charge in [-0.3, -0.25) is 0 Å². The standard InChI is InChI=1S/C21H25Si/c1-14-4-6-17(7-5-14)18-8-10-19(11-9-18)20-12-15(2)21(22)16(3)13-20/h4-7,12-13,18-19H,8-11H2,1-3H3. The molecule has 0 saturated heterocycles. The van der Waals surface area contributed by atoms with Gasteiger partial charge in [0.15, 0.2) is 0 Å². The molecule has 0 spiro atoms. The lowest BCUT2D eigenvalue weighted by molar-refractivity contribution is 0.396. The molecule has 0 unspecified atom stereocenters. The minimum atomic E-state index is 0.742. The number of hydrogen-bond donors (Lipinski definition) is 0. The van der Waals surface area contributed by atoms with E-state index in [0.717, 1.165) is 11.8 Å². The molecular weight excluding hydrogens is 280 g/mol. The van der Waals surface area contributed by atoms with E-state index >= 15 is 0 Å². The molecule has 3 rings (SSSR count). The van der Waals surface area contributed by atoms with Crippen LogP contribution in [0.3, 0.4) is 0 Å². The maximum Gasteiger partial charge on any atom is 0.0719 e. The first kappa shape index (κ1) is 15.5. The smallest absolute Gasteiger partial charge is 0.0616 e. The van der Waals surface area contributed by atoms with Gasteiger partial charge in [-0.25, -0.2) is 0 Å². The van der Waals surface area contributed by atoms with Crippen LogP contribution in [0.2, 0.25) is 0 Å². The Morgan fingerprint density at radius 2 is 1.18 bits per heavy atom. The lowest BCUT2D eigenvalue weighted by atomic mass is 9.75. The zero-order chi connectivity index (χ0) is 15.7. The molecule has 113 valence electrons. The molecule has 2 aromatic carbocycles. The second-order valence-corrected chi connectivity index (χ2v) is 7.49. The van der Waals surface area contributed by atoms with Gasteiger partial charge in [-0.05, 0) is 69.4 Å². The van der Waals surface area contributed by atoms with Gasteiger partial charge in [0.25, 0.3) is 0 Å². The Kier molecular flexibility index (Phi) is 4.53. The Labute approximate surface area is 138 Å². The van der Waals surface area contributed by atoms with Crippen molar-refractivity contribution in [2.75, 3.05) is 0 Å². The quantitative estimate of drug-likeness (QED) is 0.696. The zero-order valence-corrected chi connectivity index (χ0v) is 14.9. The van der Waals surface area contributed by atoms with Crippen molar-refractivity contribution in [1.82, 2.24) is 0 Å². The Bertz CT molecular complexity index is 623. The first-order chi connectivity index (χ1) is 10.5. The highest BCUT2D eigenvalue weighted by Gasteiger charge is 2.23. The molecule has 2 aromatic rings. The molecule has 0 bridgehead atoms. The van der Waals surface area contributed by atoms with Crippen LogP contribution >= 0.6 is 0 Å². The third-order valence-electron chi connectivity index (χ3n) is 5.30. The molecule has 1 aliphatic rings. The predicted molar refractivity (Wildman–Crippen MR) is 96.4 cm³/mol. The fraction of sp³-hybridized carbons (Fsp3) is 0.429. The summed E-state index contributed by atoms with van der Waals surface area (Å²) < 4.78 is 0. The van der Waals surface area contributed by atoms with E-state index in [0.29, 0.717) is 0 Å². The first-order valence-corrected chi connectivity index (χ1v) is 8.94. The van der Waals surface area contributed by atoms with Crippen LogP contribution in [0, 0.1) is 20.8 Å². The number of rotatable bonds is 2. The third-order valence-corrected chi connectivity index (χ3v) is 6.09. The van der Waals surface area contributed by atoms with Crippen molar-refractivity contribution in [3.63, 3.8) is 0 Å². The van der Waals surface area contributed by atoms with Crippen LogP contribution in [0.4, 0.5) is 0 Å². The van der Waals surface area contributed by atoms with E-state index in [-0.39, 0.29) is 0 Å². The maximum absolute atomic E-state index is 3.74. The predicted octanol–water partition coefficient (Wildman–Crippen LogP) is 4.85. The second kappa shape index (κ2) is 6.42. The average molecular weight is 306 g/mol. The SMILES string of the molecule is Cc1ccc(C2CCC(c3cc(C)c([Si])c(C)c3)CC2)cc1. The molecule has 0 aliphatic heterocycles. The van der Waals surface area contributed by atoms with Crippen LogP contribution < -0.4 is 5.19 Å². The fourth-order valence-corrected chi connectivity index (χ4v) is 3.98. The normalized spacial score (nSPS) is 21.8. The van der Waals surface area contributed by atoms with Gasteiger partial charge < -0.3 is 0 Å². The highest BCUT2D eigenvalue weighted by atomic mass is 28.1. The van der Waals surface area contributed by atoms with Crippen molar-refractivity contribution < 1.29 is 0 Å². The van der Waals surface area contributed by atoms with Crippen LogP contribution in [0.1, 0.15) is 65.3 Å². The Hall–Kier alpha value is -1.34. The molecule has 1 fully saturated rings. The summed E-state index contributed by atoms with van der Waals surface area (Å²) in [6, 6.07) is 13.9. The lowest BCUT2D eigenvalue weighted by Gasteiger charge is -2.30. The van der Waals surface area contributed by atoms with E-state index in [4.69, 9.17) is 0 Å². The van der Waals surface area contributed by atoms with E-state index in [1.165, 1.54) is 53.1 Å². The molecule has 1 heteroatoms. The fourth-order valence-electron chi connectivity index (χ4n) is 3.83. The Balaban J connectivity index is 1.70. The summed E-state index contributed by atoms with van der Waals surface area (Å²) >= 11 is 0. The van der Waals surface area contributed by atoms with Gasteiger partial charge in [-0.1, -0.05) is 58.3 Å². The van der Waals surface area contributed by atoms with Gasteiger partial charge >= 0.3 is 0 Å². The molecular formula is C21H25Si. The molecule has 0 N–H and O–H groups in total. The highest BCUT2D eigenvalue weighted by molar-refractivity contribution is 6.34. The summed E-state index contributed by atoms with van der Waals surface area (Å²) in [5, 5.41) is 1.26. The molecule has 0 amide bonds. The Morgan fingerprint density at radius 1 is 0.727 bits per heavy atom. The van der Waals surface area contributed by atoms with Gasteiger partial charge in [-0.2, -0.15) is 0 Å². The largest absolute Gasteiger partial charge is 0.0719 e. The molecule has 0 heterocycles. The molecule has 3 radical (unpaired) electrons. The summed E-state index contributed by atoms with van der Waals surface area (Å²) in [5.41, 5.74) is 7.17. The average Bonchev–Trinajstić information content (AvgIpc) is 2.53. The van der Waals surface area contributed by atoms with Crippen LogP contribution in [0.15, 0.2) is 36.4 Å². The van der Waals surface area contributed by atoms with Gasteiger partial charge in [0, 0.05) is 0 Å². The molecule has 1 aliphatic carbocycles. The van der Waals surface area contributed by atoms with Crippen molar-refractivity contribution in [1.29, 1.82) is 0 Å². The van der Waals surface area contributed by atoms with Gasteiger partial charge in [0.05, 0.1) is 10.2 Å². The van der Waals surface area contributed by atoms with E-state index < -0.39 is 0 Å². The van der Waals surface area contributed by atoms with Gasteiger partial charge in [0.1, 0.15) is 0 Å². The van der Waals surface area contributed by atoms with Crippen molar-refractivity contribution in [2.45, 2.75) is 58.3 Å². The molecule has 0 nitrogen and oxygen atoms in total. The van der Waals surface area contributed by atoms with Crippen molar-refractivity contribution in [3.8, 4) is 0 Å².